The van der Waals surface area contributed by atoms with Gasteiger partial charge in [-0.3, -0.25) is 4.79 Å². The van der Waals surface area contributed by atoms with Crippen LogP contribution in [0.3, 0.4) is 0 Å². The second kappa shape index (κ2) is 8.49. The fraction of sp³-hybridized carbons (Fsp3) is 0.400. The molecule has 0 spiro atoms. The minimum atomic E-state index is -0.0400. The topological polar surface area (TPSA) is 85.2 Å². The normalized spacial score (nSPS) is 14.5. The van der Waals surface area contributed by atoms with E-state index >= 15 is 0 Å². The molecule has 1 N–H and O–H groups in total. The molecule has 0 atom stereocenters. The van der Waals surface area contributed by atoms with Crippen LogP contribution >= 0.6 is 0 Å². The number of hydrogen-bond acceptors (Lipinski definition) is 6. The average molecular weight is 364 g/mol. The molecule has 1 amide bonds. The van der Waals surface area contributed by atoms with Crippen LogP contribution in [0.15, 0.2) is 36.7 Å². The van der Waals surface area contributed by atoms with Crippen molar-refractivity contribution in [2.45, 2.75) is 12.8 Å². The van der Waals surface area contributed by atoms with Crippen molar-refractivity contribution in [2.24, 2.45) is 5.92 Å². The van der Waals surface area contributed by atoms with Crippen molar-refractivity contribution in [3.8, 4) is 6.07 Å². The summed E-state index contributed by atoms with van der Waals surface area (Å²) in [5.74, 6) is 1.04. The van der Waals surface area contributed by atoms with Crippen LogP contribution < -0.4 is 15.1 Å². The number of piperidine rings is 1. The van der Waals surface area contributed by atoms with E-state index in [1.165, 1.54) is 6.20 Å². The molecule has 0 unspecified atom stereocenters. The molecule has 27 heavy (non-hydrogen) atoms. The fourth-order valence-corrected chi connectivity index (χ4v) is 3.25. The lowest BCUT2D eigenvalue weighted by atomic mass is 9.96. The molecule has 140 valence electrons. The Balaban J connectivity index is 1.52. The number of carbonyl (C=O) groups excluding carboxylic acids is 1. The van der Waals surface area contributed by atoms with Crippen LogP contribution in [0.25, 0.3) is 0 Å². The van der Waals surface area contributed by atoms with Crippen LogP contribution in [0.5, 0.6) is 0 Å². The van der Waals surface area contributed by atoms with Crippen LogP contribution in [0.1, 0.15) is 28.9 Å². The third-order valence-corrected chi connectivity index (χ3v) is 4.87. The van der Waals surface area contributed by atoms with Crippen molar-refractivity contribution in [2.75, 3.05) is 43.5 Å². The monoisotopic (exact) mass is 364 g/mol. The first-order chi connectivity index (χ1) is 13.1. The molecule has 3 rings (SSSR count). The molecule has 1 saturated heterocycles. The number of rotatable bonds is 5. The Labute approximate surface area is 159 Å². The largest absolute Gasteiger partial charge is 0.378 e. The summed E-state index contributed by atoms with van der Waals surface area (Å²) in [5.41, 5.74) is 2.05. The molecular formula is C20H24N6O. The van der Waals surface area contributed by atoms with Crippen LogP contribution in [-0.2, 0) is 0 Å². The Morgan fingerprint density at radius 1 is 1.30 bits per heavy atom. The van der Waals surface area contributed by atoms with Crippen molar-refractivity contribution in [3.05, 3.63) is 47.9 Å². The predicted molar refractivity (Wildman–Crippen MR) is 105 cm³/mol. The van der Waals surface area contributed by atoms with Gasteiger partial charge in [0.15, 0.2) is 11.5 Å². The summed E-state index contributed by atoms with van der Waals surface area (Å²) in [4.78, 5) is 24.9. The van der Waals surface area contributed by atoms with Crippen molar-refractivity contribution < 1.29 is 4.79 Å². The van der Waals surface area contributed by atoms with Gasteiger partial charge in [0.25, 0.3) is 5.91 Å². The molecule has 0 radical (unpaired) electrons. The number of carbonyl (C=O) groups is 1. The van der Waals surface area contributed by atoms with Crippen molar-refractivity contribution in [1.82, 2.24) is 15.3 Å². The average Bonchev–Trinajstić information content (AvgIpc) is 2.72. The second-order valence-electron chi connectivity index (χ2n) is 6.93. The Morgan fingerprint density at radius 2 is 2.04 bits per heavy atom. The quantitative estimate of drug-likeness (QED) is 0.874. The number of amides is 1. The molecule has 1 fully saturated rings. The minimum Gasteiger partial charge on any atom is -0.378 e. The van der Waals surface area contributed by atoms with Gasteiger partial charge < -0.3 is 15.1 Å². The summed E-state index contributed by atoms with van der Waals surface area (Å²) in [7, 11) is 3.92. The van der Waals surface area contributed by atoms with E-state index in [0.717, 1.165) is 31.6 Å². The van der Waals surface area contributed by atoms with E-state index in [4.69, 9.17) is 0 Å². The Kier molecular flexibility index (Phi) is 5.87. The van der Waals surface area contributed by atoms with Crippen molar-refractivity contribution in [1.29, 1.82) is 5.26 Å². The first-order valence-corrected chi connectivity index (χ1v) is 9.10. The van der Waals surface area contributed by atoms with Gasteiger partial charge in [0.2, 0.25) is 0 Å². The zero-order valence-corrected chi connectivity index (χ0v) is 15.7. The highest BCUT2D eigenvalue weighted by molar-refractivity contribution is 5.95. The van der Waals surface area contributed by atoms with Gasteiger partial charge in [-0.2, -0.15) is 5.26 Å². The van der Waals surface area contributed by atoms with Crippen LogP contribution in [0.2, 0.25) is 0 Å². The van der Waals surface area contributed by atoms with E-state index in [1.807, 2.05) is 43.3 Å². The lowest BCUT2D eigenvalue weighted by Crippen LogP contribution is -2.39. The van der Waals surface area contributed by atoms with Gasteiger partial charge in [0.05, 0.1) is 0 Å². The molecule has 7 nitrogen and oxygen atoms in total. The molecule has 1 aromatic carbocycles. The van der Waals surface area contributed by atoms with Gasteiger partial charge in [-0.1, -0.05) is 6.07 Å². The molecule has 1 aromatic heterocycles. The SMILES string of the molecule is CN(C)c1cccc(C(=O)NCC2CCN(c3nccnc3C#N)CC2)c1. The summed E-state index contributed by atoms with van der Waals surface area (Å²) in [6.07, 6.45) is 5.04. The highest BCUT2D eigenvalue weighted by atomic mass is 16.1. The summed E-state index contributed by atoms with van der Waals surface area (Å²) in [6, 6.07) is 9.71. The Morgan fingerprint density at radius 3 is 2.74 bits per heavy atom. The molecule has 7 heteroatoms. The van der Waals surface area contributed by atoms with Gasteiger partial charge in [-0.05, 0) is 37.0 Å². The van der Waals surface area contributed by atoms with Gasteiger partial charge in [0.1, 0.15) is 6.07 Å². The maximum Gasteiger partial charge on any atom is 0.251 e. The van der Waals surface area contributed by atoms with Crippen LogP contribution in [0.4, 0.5) is 11.5 Å². The first-order valence-electron chi connectivity index (χ1n) is 9.10. The number of nitriles is 1. The van der Waals surface area contributed by atoms with Crippen molar-refractivity contribution >= 4 is 17.4 Å². The number of nitrogens with zero attached hydrogens (tertiary/aromatic N) is 5. The highest BCUT2D eigenvalue weighted by Crippen LogP contribution is 2.23. The highest BCUT2D eigenvalue weighted by Gasteiger charge is 2.23. The zero-order valence-electron chi connectivity index (χ0n) is 15.7. The van der Waals surface area contributed by atoms with E-state index in [1.54, 1.807) is 6.20 Å². The first kappa shape index (κ1) is 18.6. The predicted octanol–water partition coefficient (Wildman–Crippen LogP) is 2.06. The van der Waals surface area contributed by atoms with Gasteiger partial charge in [-0.15, -0.1) is 0 Å². The van der Waals surface area contributed by atoms with Crippen molar-refractivity contribution in [3.63, 3.8) is 0 Å². The molecule has 1 aliphatic rings. The zero-order chi connectivity index (χ0) is 19.2. The number of hydrogen-bond donors (Lipinski definition) is 1. The van der Waals surface area contributed by atoms with E-state index in [-0.39, 0.29) is 5.91 Å². The van der Waals surface area contributed by atoms with E-state index in [0.29, 0.717) is 29.5 Å². The molecule has 2 aromatic rings. The smallest absolute Gasteiger partial charge is 0.251 e. The lowest BCUT2D eigenvalue weighted by molar-refractivity contribution is 0.0945. The van der Waals surface area contributed by atoms with E-state index < -0.39 is 0 Å². The molecule has 0 aliphatic carbocycles. The fourth-order valence-electron chi connectivity index (χ4n) is 3.25. The standard InChI is InChI=1S/C20H24N6O/c1-25(2)17-5-3-4-16(12-17)20(27)24-14-15-6-10-26(11-7-15)19-18(13-21)22-8-9-23-19/h3-5,8-9,12,15H,6-7,10-11,14H2,1-2H3,(H,24,27). The number of aromatic nitrogens is 2. The van der Waals surface area contributed by atoms with Gasteiger partial charge >= 0.3 is 0 Å². The number of nitrogens with one attached hydrogen (secondary N) is 1. The molecule has 0 saturated carbocycles. The molecule has 0 bridgehead atoms. The van der Waals surface area contributed by atoms with Gasteiger partial charge in [0, 0.05) is 57.4 Å². The number of anilines is 2. The van der Waals surface area contributed by atoms with E-state index in [2.05, 4.69) is 26.3 Å². The lowest BCUT2D eigenvalue weighted by Gasteiger charge is -2.32. The van der Waals surface area contributed by atoms with E-state index in [9.17, 15) is 10.1 Å². The minimum absolute atomic E-state index is 0.0400. The maximum absolute atomic E-state index is 12.4. The van der Waals surface area contributed by atoms with Gasteiger partial charge in [-0.25, -0.2) is 9.97 Å². The van der Waals surface area contributed by atoms with Crippen LogP contribution in [0, 0.1) is 17.2 Å². The summed E-state index contributed by atoms with van der Waals surface area (Å²) in [6.45, 7) is 2.28. The second-order valence-corrected chi connectivity index (χ2v) is 6.93. The molecule has 2 heterocycles. The third kappa shape index (κ3) is 4.53. The molecular weight excluding hydrogens is 340 g/mol. The third-order valence-electron chi connectivity index (χ3n) is 4.87. The number of benzene rings is 1. The summed E-state index contributed by atoms with van der Waals surface area (Å²) in [5, 5.41) is 12.2. The summed E-state index contributed by atoms with van der Waals surface area (Å²) < 4.78 is 0. The molecule has 1 aliphatic heterocycles. The Hall–Kier alpha value is -3.14. The maximum atomic E-state index is 12.4. The summed E-state index contributed by atoms with van der Waals surface area (Å²) >= 11 is 0. The Bertz CT molecular complexity index is 836. The van der Waals surface area contributed by atoms with Crippen LogP contribution in [-0.4, -0.2) is 49.6 Å².